The summed E-state index contributed by atoms with van der Waals surface area (Å²) in [5, 5.41) is 5.87. The highest BCUT2D eigenvalue weighted by atomic mass is 35.5. The second kappa shape index (κ2) is 6.57. The molecule has 1 fully saturated rings. The summed E-state index contributed by atoms with van der Waals surface area (Å²) in [6, 6.07) is 2.45. The molecule has 0 aliphatic heterocycles. The Morgan fingerprint density at radius 2 is 2.05 bits per heavy atom. The zero-order valence-corrected chi connectivity index (χ0v) is 13.8. The fraction of sp³-hybridized carbons (Fsp3) is 0.733. The number of nitrogens with one attached hydrogen (secondary N) is 1. The Hall–Kier alpha value is -0.0900. The van der Waals surface area contributed by atoms with Gasteiger partial charge in [0.05, 0.1) is 4.34 Å². The maximum Gasteiger partial charge on any atom is 0.0931 e. The molecular weight excluding hydrogens is 276 g/mol. The fourth-order valence-electron chi connectivity index (χ4n) is 3.00. The number of halogens is 1. The van der Waals surface area contributed by atoms with Gasteiger partial charge in [-0.1, -0.05) is 30.9 Å². The number of likely N-dealkylation sites (N-methyl/N-ethyl adjacent to an activating group) is 1. The summed E-state index contributed by atoms with van der Waals surface area (Å²) >= 11 is 7.63. The molecule has 0 bridgehead atoms. The van der Waals surface area contributed by atoms with Gasteiger partial charge in [0.2, 0.25) is 0 Å². The van der Waals surface area contributed by atoms with Gasteiger partial charge in [0.15, 0.2) is 0 Å². The Morgan fingerprint density at radius 3 is 2.58 bits per heavy atom. The molecule has 1 aliphatic rings. The molecule has 1 heterocycles. The zero-order valence-electron chi connectivity index (χ0n) is 12.2. The molecule has 108 valence electrons. The van der Waals surface area contributed by atoms with Crippen LogP contribution in [0.15, 0.2) is 11.4 Å². The van der Waals surface area contributed by atoms with E-state index in [0.717, 1.165) is 10.9 Å². The first-order chi connectivity index (χ1) is 9.03. The molecule has 1 aliphatic carbocycles. The van der Waals surface area contributed by atoms with Gasteiger partial charge in [0.1, 0.15) is 0 Å². The van der Waals surface area contributed by atoms with Crippen LogP contribution in [0.4, 0.5) is 0 Å². The van der Waals surface area contributed by atoms with Gasteiger partial charge in [-0.25, -0.2) is 0 Å². The summed E-state index contributed by atoms with van der Waals surface area (Å²) < 4.78 is 0.878. The predicted octanol–water partition coefficient (Wildman–Crippen LogP) is 4.32. The van der Waals surface area contributed by atoms with E-state index in [9.17, 15) is 0 Å². The monoisotopic (exact) mass is 300 g/mol. The van der Waals surface area contributed by atoms with Crippen LogP contribution in [-0.2, 0) is 0 Å². The zero-order chi connectivity index (χ0) is 13.9. The van der Waals surface area contributed by atoms with E-state index in [0.29, 0.717) is 11.6 Å². The molecule has 1 aromatic heterocycles. The largest absolute Gasteiger partial charge is 0.308 e. The molecule has 2 rings (SSSR count). The van der Waals surface area contributed by atoms with Gasteiger partial charge in [0.25, 0.3) is 0 Å². The van der Waals surface area contributed by atoms with Gasteiger partial charge >= 0.3 is 0 Å². The van der Waals surface area contributed by atoms with Crippen molar-refractivity contribution in [3.05, 3.63) is 21.3 Å². The lowest BCUT2D eigenvalue weighted by atomic mass is 9.80. The average molecular weight is 301 g/mol. The normalized spacial score (nSPS) is 20.7. The van der Waals surface area contributed by atoms with E-state index in [1.54, 1.807) is 11.3 Å². The van der Waals surface area contributed by atoms with Crippen molar-refractivity contribution >= 4 is 22.9 Å². The van der Waals surface area contributed by atoms with Gasteiger partial charge in [0, 0.05) is 18.1 Å². The lowest BCUT2D eigenvalue weighted by molar-refractivity contribution is 0.0958. The molecule has 0 aromatic carbocycles. The summed E-state index contributed by atoms with van der Waals surface area (Å²) in [4.78, 5) is 2.42. The summed E-state index contributed by atoms with van der Waals surface area (Å²) in [5.41, 5.74) is 1.64. The summed E-state index contributed by atoms with van der Waals surface area (Å²) in [6.45, 7) is 3.29. The minimum absolute atomic E-state index is 0.340. The first-order valence-electron chi connectivity index (χ1n) is 7.18. The number of hydrogen-bond acceptors (Lipinski definition) is 3. The van der Waals surface area contributed by atoms with Crippen molar-refractivity contribution < 1.29 is 0 Å². The topological polar surface area (TPSA) is 15.3 Å². The third-order valence-corrected chi connectivity index (χ3v) is 5.67. The Balaban J connectivity index is 1.95. The smallest absolute Gasteiger partial charge is 0.0931 e. The lowest BCUT2D eigenvalue weighted by Gasteiger charge is -2.44. The molecule has 0 saturated heterocycles. The van der Waals surface area contributed by atoms with Crippen molar-refractivity contribution in [3.63, 3.8) is 0 Å². The van der Waals surface area contributed by atoms with Crippen molar-refractivity contribution in [2.75, 3.05) is 20.6 Å². The van der Waals surface area contributed by atoms with E-state index in [2.05, 4.69) is 42.7 Å². The van der Waals surface area contributed by atoms with Crippen molar-refractivity contribution in [1.29, 1.82) is 0 Å². The van der Waals surface area contributed by atoms with Crippen LogP contribution >= 0.6 is 22.9 Å². The van der Waals surface area contributed by atoms with Crippen LogP contribution in [0, 0.1) is 0 Å². The first kappa shape index (κ1) is 15.3. The van der Waals surface area contributed by atoms with Crippen LogP contribution < -0.4 is 5.32 Å². The minimum atomic E-state index is 0.340. The molecule has 1 unspecified atom stereocenters. The lowest BCUT2D eigenvalue weighted by Crippen LogP contribution is -2.53. The molecular formula is C15H25ClN2S. The molecule has 1 N–H and O–H groups in total. The molecule has 0 radical (unpaired) electrons. The maximum absolute atomic E-state index is 6.01. The van der Waals surface area contributed by atoms with Crippen LogP contribution in [0.3, 0.4) is 0 Å². The minimum Gasteiger partial charge on any atom is -0.308 e. The fourth-order valence-corrected chi connectivity index (χ4v) is 3.99. The maximum atomic E-state index is 6.01. The van der Waals surface area contributed by atoms with Gasteiger partial charge < -0.3 is 10.2 Å². The molecule has 1 saturated carbocycles. The highest BCUT2D eigenvalue weighted by Crippen LogP contribution is 2.32. The number of thiophene rings is 1. The van der Waals surface area contributed by atoms with E-state index >= 15 is 0 Å². The quantitative estimate of drug-likeness (QED) is 0.871. The second-order valence-corrected chi connectivity index (χ2v) is 7.51. The summed E-state index contributed by atoms with van der Waals surface area (Å²) in [7, 11) is 4.44. The second-order valence-electron chi connectivity index (χ2n) is 5.97. The van der Waals surface area contributed by atoms with Crippen molar-refractivity contribution in [1.82, 2.24) is 10.2 Å². The molecule has 19 heavy (non-hydrogen) atoms. The van der Waals surface area contributed by atoms with E-state index < -0.39 is 0 Å². The van der Waals surface area contributed by atoms with E-state index in [4.69, 9.17) is 11.6 Å². The SMILES string of the molecule is CC(NCC1(N(C)C)CCCCC1)c1csc(Cl)c1. The van der Waals surface area contributed by atoms with Gasteiger partial charge in [-0.05, 0) is 50.9 Å². The third kappa shape index (κ3) is 3.72. The van der Waals surface area contributed by atoms with Crippen LogP contribution in [0.2, 0.25) is 4.34 Å². The molecule has 0 spiro atoms. The third-order valence-electron chi connectivity index (χ3n) is 4.56. The van der Waals surface area contributed by atoms with Crippen LogP contribution in [-0.4, -0.2) is 31.1 Å². The number of hydrogen-bond donors (Lipinski definition) is 1. The van der Waals surface area contributed by atoms with Gasteiger partial charge in [-0.15, -0.1) is 11.3 Å². The Kier molecular flexibility index (Phi) is 5.29. The highest BCUT2D eigenvalue weighted by molar-refractivity contribution is 7.14. The Morgan fingerprint density at radius 1 is 1.37 bits per heavy atom. The molecule has 4 heteroatoms. The van der Waals surface area contributed by atoms with Crippen LogP contribution in [0.25, 0.3) is 0 Å². The predicted molar refractivity (Wildman–Crippen MR) is 85.2 cm³/mol. The average Bonchev–Trinajstić information content (AvgIpc) is 2.83. The molecule has 1 atom stereocenters. The first-order valence-corrected chi connectivity index (χ1v) is 8.44. The van der Waals surface area contributed by atoms with E-state index in [-0.39, 0.29) is 0 Å². The van der Waals surface area contributed by atoms with Crippen molar-refractivity contribution in [2.45, 2.75) is 50.6 Å². The molecule has 0 amide bonds. The van der Waals surface area contributed by atoms with Crippen molar-refractivity contribution in [3.8, 4) is 0 Å². The van der Waals surface area contributed by atoms with Crippen molar-refractivity contribution in [2.24, 2.45) is 0 Å². The van der Waals surface area contributed by atoms with Crippen LogP contribution in [0.5, 0.6) is 0 Å². The van der Waals surface area contributed by atoms with E-state index in [1.807, 2.05) is 0 Å². The number of rotatable bonds is 5. The summed E-state index contributed by atoms with van der Waals surface area (Å²) in [6.07, 6.45) is 6.73. The van der Waals surface area contributed by atoms with Crippen LogP contribution in [0.1, 0.15) is 50.6 Å². The Bertz CT molecular complexity index is 397. The van der Waals surface area contributed by atoms with Gasteiger partial charge in [-0.2, -0.15) is 0 Å². The Labute approximate surface area is 126 Å². The highest BCUT2D eigenvalue weighted by Gasteiger charge is 2.34. The van der Waals surface area contributed by atoms with E-state index in [1.165, 1.54) is 37.7 Å². The standard InChI is InChI=1S/C15H25ClN2S/c1-12(13-9-14(16)19-10-13)17-11-15(18(2)3)7-5-4-6-8-15/h9-10,12,17H,4-8,11H2,1-3H3. The van der Waals surface area contributed by atoms with Gasteiger partial charge in [-0.3, -0.25) is 0 Å². The summed E-state index contributed by atoms with van der Waals surface area (Å²) in [5.74, 6) is 0. The molecule has 2 nitrogen and oxygen atoms in total. The number of nitrogens with zero attached hydrogens (tertiary/aromatic N) is 1. The molecule has 1 aromatic rings.